The number of aliphatic hydroxyl groups excluding tert-OH is 1. The number of aliphatic hydroxyl groups is 1. The van der Waals surface area contributed by atoms with Crippen molar-refractivity contribution in [2.24, 2.45) is 0 Å². The molecule has 1 fully saturated rings. The van der Waals surface area contributed by atoms with Gasteiger partial charge in [0.05, 0.1) is 35.9 Å². The quantitative estimate of drug-likeness (QED) is 0.851. The molecule has 0 bridgehead atoms. The van der Waals surface area contributed by atoms with Crippen molar-refractivity contribution >= 4 is 40.6 Å². The molecule has 2 heterocycles. The van der Waals surface area contributed by atoms with Crippen LogP contribution in [0.3, 0.4) is 0 Å². The summed E-state index contributed by atoms with van der Waals surface area (Å²) < 4.78 is 5.29. The Labute approximate surface area is 114 Å². The number of anilines is 1. The third-order valence-electron chi connectivity index (χ3n) is 2.58. The average Bonchev–Trinajstić information content (AvgIpc) is 2.34. The molecule has 1 saturated heterocycles. The lowest BCUT2D eigenvalue weighted by atomic mass is 10.2. The molecule has 1 N–H and O–H groups in total. The summed E-state index contributed by atoms with van der Waals surface area (Å²) >= 11 is 17.8. The normalized spacial score (nSPS) is 20.7. The van der Waals surface area contributed by atoms with Crippen LogP contribution in [0.4, 0.5) is 5.82 Å². The largest absolute Gasteiger partial charge is 0.394 e. The van der Waals surface area contributed by atoms with Gasteiger partial charge in [-0.3, -0.25) is 0 Å². The van der Waals surface area contributed by atoms with Gasteiger partial charge >= 0.3 is 0 Å². The number of aromatic nitrogens is 1. The molecular formula is C10H11Cl3N2O2. The molecule has 0 saturated carbocycles. The van der Waals surface area contributed by atoms with Crippen LogP contribution in [0.5, 0.6) is 0 Å². The lowest BCUT2D eigenvalue weighted by molar-refractivity contribution is 0.0723. The van der Waals surface area contributed by atoms with Crippen LogP contribution in [0.25, 0.3) is 0 Å². The van der Waals surface area contributed by atoms with Crippen LogP contribution in [0.1, 0.15) is 0 Å². The number of pyridine rings is 1. The Balaban J connectivity index is 2.34. The van der Waals surface area contributed by atoms with E-state index in [1.54, 1.807) is 6.07 Å². The fraction of sp³-hybridized carbons (Fsp3) is 0.500. The Morgan fingerprint density at radius 3 is 2.88 bits per heavy atom. The van der Waals surface area contributed by atoms with E-state index >= 15 is 0 Å². The van der Waals surface area contributed by atoms with E-state index in [9.17, 15) is 5.11 Å². The van der Waals surface area contributed by atoms with Gasteiger partial charge in [0, 0.05) is 6.54 Å². The summed E-state index contributed by atoms with van der Waals surface area (Å²) in [5.74, 6) is 0.531. The van der Waals surface area contributed by atoms with Crippen LogP contribution in [0, 0.1) is 0 Å². The zero-order chi connectivity index (χ0) is 12.4. The third-order valence-corrected chi connectivity index (χ3v) is 3.53. The highest BCUT2D eigenvalue weighted by molar-refractivity contribution is 6.42. The fourth-order valence-electron chi connectivity index (χ4n) is 1.72. The Bertz CT molecular complexity index is 417. The van der Waals surface area contributed by atoms with E-state index in [0.29, 0.717) is 35.6 Å². The summed E-state index contributed by atoms with van der Waals surface area (Å²) in [5.41, 5.74) is 0. The van der Waals surface area contributed by atoms with Gasteiger partial charge in [-0.2, -0.15) is 0 Å². The van der Waals surface area contributed by atoms with Gasteiger partial charge in [-0.15, -0.1) is 0 Å². The molecule has 94 valence electrons. The second-order valence-electron chi connectivity index (χ2n) is 3.67. The smallest absolute Gasteiger partial charge is 0.150 e. The fourth-order valence-corrected chi connectivity index (χ4v) is 2.32. The minimum absolute atomic E-state index is 0.0295. The lowest BCUT2D eigenvalue weighted by Gasteiger charge is -2.35. The molecule has 4 nitrogen and oxygen atoms in total. The van der Waals surface area contributed by atoms with Gasteiger partial charge < -0.3 is 14.7 Å². The molecule has 0 radical (unpaired) electrons. The molecular weight excluding hydrogens is 286 g/mol. The summed E-state index contributed by atoms with van der Waals surface area (Å²) in [4.78, 5) is 6.04. The van der Waals surface area contributed by atoms with Crippen LogP contribution in [-0.2, 0) is 4.74 Å². The summed E-state index contributed by atoms with van der Waals surface area (Å²) in [7, 11) is 0. The van der Waals surface area contributed by atoms with Crippen LogP contribution in [0.15, 0.2) is 6.07 Å². The molecule has 1 aliphatic rings. The first kappa shape index (κ1) is 13.2. The number of halogens is 3. The van der Waals surface area contributed by atoms with Crippen LogP contribution in [0.2, 0.25) is 15.2 Å². The topological polar surface area (TPSA) is 45.6 Å². The molecule has 0 aliphatic carbocycles. The predicted molar refractivity (Wildman–Crippen MR) is 68.3 cm³/mol. The highest BCUT2D eigenvalue weighted by Gasteiger charge is 2.26. The van der Waals surface area contributed by atoms with E-state index in [4.69, 9.17) is 39.5 Å². The second-order valence-corrected chi connectivity index (χ2v) is 4.84. The zero-order valence-electron chi connectivity index (χ0n) is 8.87. The standard InChI is InChI=1S/C10H11Cl3N2O2/c11-7-3-8(12)10(14-9(7)13)15-1-2-17-5-6(15)4-16/h3,6,16H,1-2,4-5H2. The number of morpholine rings is 1. The van der Waals surface area contributed by atoms with Crippen molar-refractivity contribution in [1.82, 2.24) is 4.98 Å². The van der Waals surface area contributed by atoms with Crippen molar-refractivity contribution in [2.45, 2.75) is 6.04 Å². The Morgan fingerprint density at radius 2 is 2.18 bits per heavy atom. The summed E-state index contributed by atoms with van der Waals surface area (Å²) in [6.45, 7) is 1.58. The molecule has 1 atom stereocenters. The van der Waals surface area contributed by atoms with E-state index in [1.807, 2.05) is 4.90 Å². The van der Waals surface area contributed by atoms with E-state index in [-0.39, 0.29) is 17.8 Å². The first-order chi connectivity index (χ1) is 8.13. The van der Waals surface area contributed by atoms with Gasteiger partial charge in [-0.25, -0.2) is 4.98 Å². The Hall–Kier alpha value is -0.260. The van der Waals surface area contributed by atoms with E-state index in [2.05, 4.69) is 4.98 Å². The summed E-state index contributed by atoms with van der Waals surface area (Å²) in [5, 5.41) is 10.2. The van der Waals surface area contributed by atoms with Gasteiger partial charge in [-0.05, 0) is 6.07 Å². The van der Waals surface area contributed by atoms with Crippen molar-refractivity contribution in [3.63, 3.8) is 0 Å². The van der Waals surface area contributed by atoms with Crippen LogP contribution in [-0.4, -0.2) is 42.5 Å². The van der Waals surface area contributed by atoms with Crippen molar-refractivity contribution in [1.29, 1.82) is 0 Å². The van der Waals surface area contributed by atoms with Crippen molar-refractivity contribution in [2.75, 3.05) is 31.3 Å². The highest BCUT2D eigenvalue weighted by atomic mass is 35.5. The molecule has 2 rings (SSSR count). The van der Waals surface area contributed by atoms with Gasteiger partial charge in [0.25, 0.3) is 0 Å². The van der Waals surface area contributed by atoms with E-state index in [0.717, 1.165) is 0 Å². The summed E-state index contributed by atoms with van der Waals surface area (Å²) in [6.07, 6.45) is 0. The second kappa shape index (κ2) is 5.59. The molecule has 0 spiro atoms. The third kappa shape index (κ3) is 2.77. The molecule has 0 aromatic carbocycles. The molecule has 7 heteroatoms. The van der Waals surface area contributed by atoms with Gasteiger partial charge in [0.15, 0.2) is 0 Å². The maximum atomic E-state index is 9.29. The van der Waals surface area contributed by atoms with Crippen LogP contribution >= 0.6 is 34.8 Å². The predicted octanol–water partition coefficient (Wildman–Crippen LogP) is 2.24. The number of nitrogens with zero attached hydrogens (tertiary/aromatic N) is 2. The Kier molecular flexibility index (Phi) is 4.33. The minimum atomic E-state index is -0.161. The monoisotopic (exact) mass is 296 g/mol. The first-order valence-corrected chi connectivity index (χ1v) is 6.23. The van der Waals surface area contributed by atoms with Gasteiger partial charge in [0.2, 0.25) is 0 Å². The number of hydrogen-bond donors (Lipinski definition) is 1. The summed E-state index contributed by atoms with van der Waals surface area (Å²) in [6, 6.07) is 1.39. The Morgan fingerprint density at radius 1 is 1.41 bits per heavy atom. The average molecular weight is 298 g/mol. The molecule has 17 heavy (non-hydrogen) atoms. The van der Waals surface area contributed by atoms with Gasteiger partial charge in [-0.1, -0.05) is 34.8 Å². The lowest BCUT2D eigenvalue weighted by Crippen LogP contribution is -2.48. The van der Waals surface area contributed by atoms with Crippen molar-refractivity contribution < 1.29 is 9.84 Å². The molecule has 1 aromatic heterocycles. The molecule has 0 amide bonds. The van der Waals surface area contributed by atoms with E-state index in [1.165, 1.54) is 0 Å². The molecule has 1 aliphatic heterocycles. The zero-order valence-corrected chi connectivity index (χ0v) is 11.1. The van der Waals surface area contributed by atoms with Crippen molar-refractivity contribution in [3.05, 3.63) is 21.3 Å². The number of ether oxygens (including phenoxy) is 1. The molecule has 1 unspecified atom stereocenters. The number of rotatable bonds is 2. The SMILES string of the molecule is OCC1COCCN1c1nc(Cl)c(Cl)cc1Cl. The van der Waals surface area contributed by atoms with Crippen LogP contribution < -0.4 is 4.90 Å². The first-order valence-electron chi connectivity index (χ1n) is 5.10. The maximum absolute atomic E-state index is 9.29. The van der Waals surface area contributed by atoms with E-state index < -0.39 is 0 Å². The van der Waals surface area contributed by atoms with Crippen molar-refractivity contribution in [3.8, 4) is 0 Å². The van der Waals surface area contributed by atoms with Gasteiger partial charge in [0.1, 0.15) is 11.0 Å². The maximum Gasteiger partial charge on any atom is 0.150 e. The highest BCUT2D eigenvalue weighted by Crippen LogP contribution is 2.32. The molecule has 1 aromatic rings. The minimum Gasteiger partial charge on any atom is -0.394 e. The number of hydrogen-bond acceptors (Lipinski definition) is 4.